The van der Waals surface area contributed by atoms with Crippen LogP contribution in [0, 0.1) is 0 Å². The number of hydrogen-bond acceptors (Lipinski definition) is 3. The van der Waals surface area contributed by atoms with Gasteiger partial charge in [-0.05, 0) is 33.4 Å². The first-order valence-corrected chi connectivity index (χ1v) is 7.22. The number of likely N-dealkylation sites (N-methyl/N-ethyl adjacent to an activating group) is 1. The molecule has 0 aliphatic carbocycles. The lowest BCUT2D eigenvalue weighted by molar-refractivity contribution is 0.0828. The summed E-state index contributed by atoms with van der Waals surface area (Å²) in [7, 11) is 4.34. The predicted molar refractivity (Wildman–Crippen MR) is 76.9 cm³/mol. The van der Waals surface area contributed by atoms with Crippen molar-refractivity contribution < 1.29 is 0 Å². The lowest BCUT2D eigenvalue weighted by Gasteiger charge is -2.45. The molecular weight excluding hydrogens is 210 g/mol. The molecule has 0 radical (unpaired) electrons. The zero-order valence-corrected chi connectivity index (χ0v) is 12.6. The third kappa shape index (κ3) is 4.57. The normalized spacial score (nSPS) is 14.3. The first-order valence-electron chi connectivity index (χ1n) is 7.22. The van der Waals surface area contributed by atoms with Crippen LogP contribution in [0.5, 0.6) is 0 Å². The van der Waals surface area contributed by atoms with Crippen LogP contribution in [0.2, 0.25) is 0 Å². The predicted octanol–water partition coefficient (Wildman–Crippen LogP) is 2.91. The molecule has 17 heavy (non-hydrogen) atoms. The molecule has 0 saturated carbocycles. The molecule has 0 aliphatic rings. The van der Waals surface area contributed by atoms with Gasteiger partial charge in [0.25, 0.3) is 0 Å². The van der Waals surface area contributed by atoms with Gasteiger partial charge in [0.1, 0.15) is 0 Å². The van der Waals surface area contributed by atoms with E-state index in [-0.39, 0.29) is 5.54 Å². The quantitative estimate of drug-likeness (QED) is 0.352. The lowest BCUT2D eigenvalue weighted by Crippen LogP contribution is -2.60. The monoisotopic (exact) mass is 243 g/mol. The largest absolute Gasteiger partial charge is 0.302 e. The third-order valence-electron chi connectivity index (χ3n) is 4.31. The van der Waals surface area contributed by atoms with Crippen molar-refractivity contribution in [2.45, 2.75) is 77.3 Å². The summed E-state index contributed by atoms with van der Waals surface area (Å²) in [6.45, 7) is 6.78. The van der Waals surface area contributed by atoms with E-state index in [9.17, 15) is 0 Å². The van der Waals surface area contributed by atoms with Gasteiger partial charge in [-0.3, -0.25) is 11.3 Å². The molecule has 0 aromatic carbocycles. The van der Waals surface area contributed by atoms with Gasteiger partial charge in [-0.1, -0.05) is 46.5 Å². The molecule has 0 heterocycles. The second-order valence-corrected chi connectivity index (χ2v) is 5.27. The maximum atomic E-state index is 5.79. The zero-order valence-electron chi connectivity index (χ0n) is 12.6. The number of hydrazine groups is 1. The Labute approximate surface area is 108 Å². The minimum atomic E-state index is 0.195. The minimum Gasteiger partial charge on any atom is -0.302 e. The Hall–Kier alpha value is -0.120. The van der Waals surface area contributed by atoms with Crippen molar-refractivity contribution in [3.05, 3.63) is 0 Å². The topological polar surface area (TPSA) is 41.3 Å². The van der Waals surface area contributed by atoms with E-state index < -0.39 is 0 Å². The van der Waals surface area contributed by atoms with E-state index in [1.165, 1.54) is 32.1 Å². The Morgan fingerprint density at radius 2 is 1.65 bits per heavy atom. The van der Waals surface area contributed by atoms with E-state index in [1.54, 1.807) is 0 Å². The van der Waals surface area contributed by atoms with Crippen LogP contribution >= 0.6 is 0 Å². The highest BCUT2D eigenvalue weighted by molar-refractivity contribution is 4.95. The fourth-order valence-corrected chi connectivity index (χ4v) is 2.97. The average Bonchev–Trinajstić information content (AvgIpc) is 2.33. The second kappa shape index (κ2) is 8.90. The van der Waals surface area contributed by atoms with Crippen LogP contribution in [-0.4, -0.2) is 30.6 Å². The molecule has 3 heteroatoms. The molecule has 0 spiro atoms. The summed E-state index contributed by atoms with van der Waals surface area (Å²) >= 11 is 0. The van der Waals surface area contributed by atoms with Crippen molar-refractivity contribution in [3.8, 4) is 0 Å². The summed E-state index contributed by atoms with van der Waals surface area (Å²) in [5.41, 5.74) is 3.26. The van der Waals surface area contributed by atoms with E-state index in [0.717, 1.165) is 12.8 Å². The highest BCUT2D eigenvalue weighted by atomic mass is 15.3. The molecule has 104 valence electrons. The summed E-state index contributed by atoms with van der Waals surface area (Å²) in [6.07, 6.45) is 8.68. The van der Waals surface area contributed by atoms with Gasteiger partial charge in [-0.15, -0.1) is 0 Å². The Kier molecular flexibility index (Phi) is 8.83. The zero-order chi connectivity index (χ0) is 13.3. The fraction of sp³-hybridized carbons (Fsp3) is 1.00. The van der Waals surface area contributed by atoms with E-state index in [4.69, 9.17) is 5.84 Å². The lowest BCUT2D eigenvalue weighted by atomic mass is 9.81. The molecule has 0 aromatic heterocycles. The fourth-order valence-electron chi connectivity index (χ4n) is 2.97. The molecule has 0 aromatic rings. The molecule has 0 aliphatic heterocycles. The first kappa shape index (κ1) is 16.9. The van der Waals surface area contributed by atoms with Crippen LogP contribution < -0.4 is 11.3 Å². The molecule has 3 N–H and O–H groups in total. The maximum Gasteiger partial charge on any atom is 0.0394 e. The summed E-state index contributed by atoms with van der Waals surface area (Å²) in [6, 6.07) is 0.393. The summed E-state index contributed by atoms with van der Waals surface area (Å²) in [4.78, 5) is 2.34. The van der Waals surface area contributed by atoms with Gasteiger partial charge in [0.15, 0.2) is 0 Å². The van der Waals surface area contributed by atoms with Crippen molar-refractivity contribution in [1.82, 2.24) is 10.3 Å². The molecule has 0 saturated heterocycles. The van der Waals surface area contributed by atoms with Crippen LogP contribution in [0.3, 0.4) is 0 Å². The average molecular weight is 243 g/mol. The van der Waals surface area contributed by atoms with E-state index in [2.05, 4.69) is 45.2 Å². The summed E-state index contributed by atoms with van der Waals surface area (Å²) < 4.78 is 0. The smallest absolute Gasteiger partial charge is 0.0394 e. The van der Waals surface area contributed by atoms with Crippen molar-refractivity contribution in [1.29, 1.82) is 0 Å². The Morgan fingerprint density at radius 1 is 1.06 bits per heavy atom. The van der Waals surface area contributed by atoms with Gasteiger partial charge in [-0.2, -0.15) is 0 Å². The molecule has 3 nitrogen and oxygen atoms in total. The number of nitrogens with two attached hydrogens (primary N) is 1. The Bertz CT molecular complexity index is 176. The van der Waals surface area contributed by atoms with Gasteiger partial charge >= 0.3 is 0 Å². The van der Waals surface area contributed by atoms with Crippen molar-refractivity contribution in [3.63, 3.8) is 0 Å². The summed E-state index contributed by atoms with van der Waals surface area (Å²) in [5, 5.41) is 0. The van der Waals surface area contributed by atoms with Crippen molar-refractivity contribution >= 4 is 0 Å². The first-order chi connectivity index (χ1) is 8.08. The van der Waals surface area contributed by atoms with Crippen LogP contribution in [0.25, 0.3) is 0 Å². The molecule has 0 fully saturated rings. The highest BCUT2D eigenvalue weighted by Crippen LogP contribution is 2.28. The van der Waals surface area contributed by atoms with Gasteiger partial charge in [0, 0.05) is 11.6 Å². The van der Waals surface area contributed by atoms with Gasteiger partial charge in [0.2, 0.25) is 0 Å². The Balaban J connectivity index is 4.46. The summed E-state index contributed by atoms with van der Waals surface area (Å²) in [5.74, 6) is 5.79. The standard InChI is InChI=1S/C14H33N3/c1-6-9-10-11-12-13(16-15)14(7-2,8-3)17(4)5/h13,16H,6-12,15H2,1-5H3. The number of rotatable bonds is 10. The third-order valence-corrected chi connectivity index (χ3v) is 4.31. The number of nitrogens with one attached hydrogen (secondary N) is 1. The number of hydrogen-bond donors (Lipinski definition) is 2. The highest BCUT2D eigenvalue weighted by Gasteiger charge is 2.36. The van der Waals surface area contributed by atoms with E-state index in [1.807, 2.05) is 0 Å². The van der Waals surface area contributed by atoms with Gasteiger partial charge < -0.3 is 4.90 Å². The minimum absolute atomic E-state index is 0.195. The Morgan fingerprint density at radius 3 is 2.00 bits per heavy atom. The van der Waals surface area contributed by atoms with Crippen LogP contribution in [0.15, 0.2) is 0 Å². The number of unbranched alkanes of at least 4 members (excludes halogenated alkanes) is 3. The van der Waals surface area contributed by atoms with Gasteiger partial charge in [0.05, 0.1) is 0 Å². The molecule has 1 atom stereocenters. The van der Waals surface area contributed by atoms with Gasteiger partial charge in [-0.25, -0.2) is 0 Å². The molecule has 0 bridgehead atoms. The van der Waals surface area contributed by atoms with Crippen LogP contribution in [0.1, 0.15) is 65.7 Å². The molecule has 1 unspecified atom stereocenters. The van der Waals surface area contributed by atoms with Crippen LogP contribution in [0.4, 0.5) is 0 Å². The SMILES string of the molecule is CCCCCCC(NN)C(CC)(CC)N(C)C. The van der Waals surface area contributed by atoms with E-state index >= 15 is 0 Å². The van der Waals surface area contributed by atoms with Crippen molar-refractivity contribution in [2.24, 2.45) is 5.84 Å². The number of nitrogens with zero attached hydrogens (tertiary/aromatic N) is 1. The van der Waals surface area contributed by atoms with Crippen LogP contribution in [-0.2, 0) is 0 Å². The molecular formula is C14H33N3. The maximum absolute atomic E-state index is 5.79. The van der Waals surface area contributed by atoms with E-state index in [0.29, 0.717) is 6.04 Å². The molecule has 0 rings (SSSR count). The molecule has 0 amide bonds. The second-order valence-electron chi connectivity index (χ2n) is 5.27. The van der Waals surface area contributed by atoms with Crippen molar-refractivity contribution in [2.75, 3.05) is 14.1 Å².